The van der Waals surface area contributed by atoms with E-state index >= 15 is 0 Å². The summed E-state index contributed by atoms with van der Waals surface area (Å²) in [5.41, 5.74) is 2.06. The van der Waals surface area contributed by atoms with Gasteiger partial charge in [-0.2, -0.15) is 19.2 Å². The number of aryl methyl sites for hydroxylation is 1. The summed E-state index contributed by atoms with van der Waals surface area (Å²) in [6.45, 7) is 14.1. The van der Waals surface area contributed by atoms with E-state index in [9.17, 15) is 4.21 Å². The molecule has 0 saturated carbocycles. The van der Waals surface area contributed by atoms with Crippen LogP contribution in [0.15, 0.2) is 22.7 Å². The van der Waals surface area contributed by atoms with Gasteiger partial charge in [0, 0.05) is 55.6 Å². The Labute approximate surface area is 208 Å². The number of hydrogen-bond donors (Lipinski definition) is 0. The summed E-state index contributed by atoms with van der Waals surface area (Å²) in [7, 11) is -3.57. The van der Waals surface area contributed by atoms with Crippen LogP contribution >= 0.6 is 0 Å². The molecule has 0 aromatic carbocycles. The lowest BCUT2D eigenvalue weighted by Crippen LogP contribution is -2.44. The van der Waals surface area contributed by atoms with Gasteiger partial charge in [0.2, 0.25) is 0 Å². The molecule has 1 saturated heterocycles. The molecule has 0 N–H and O–H groups in total. The van der Waals surface area contributed by atoms with Gasteiger partial charge in [-0.3, -0.25) is 0 Å². The highest BCUT2D eigenvalue weighted by Gasteiger charge is 2.25. The molecular weight excluding hydrogens is 482 g/mol. The summed E-state index contributed by atoms with van der Waals surface area (Å²) in [6.07, 6.45) is 5.02. The first-order valence-corrected chi connectivity index (χ1v) is 18.0. The van der Waals surface area contributed by atoms with Crippen molar-refractivity contribution >= 4 is 40.3 Å². The van der Waals surface area contributed by atoms with E-state index in [1.807, 2.05) is 19.1 Å². The van der Waals surface area contributed by atoms with Gasteiger partial charge in [-0.1, -0.05) is 19.6 Å². The average Bonchev–Trinajstić information content (AvgIpc) is 3.34. The fourth-order valence-electron chi connectivity index (χ4n) is 4.07. The van der Waals surface area contributed by atoms with Crippen LogP contribution < -0.4 is 4.90 Å². The number of pyridine rings is 1. The third kappa shape index (κ3) is 6.11. The Hall–Kier alpha value is -2.28. The first-order valence-electron chi connectivity index (χ1n) is 11.9. The number of aromatic nitrogens is 5. The molecule has 0 radical (unpaired) electrons. The minimum Gasteiger partial charge on any atom is -0.377 e. The van der Waals surface area contributed by atoms with Crippen molar-refractivity contribution in [2.45, 2.75) is 52.3 Å². The number of anilines is 1. The van der Waals surface area contributed by atoms with Crippen molar-refractivity contribution in [3.05, 3.63) is 24.0 Å². The van der Waals surface area contributed by atoms with Crippen molar-refractivity contribution < 1.29 is 13.7 Å². The predicted molar refractivity (Wildman–Crippen MR) is 143 cm³/mol. The molecular formula is C23H37N7O3SSi. The number of rotatable bonds is 8. The largest absolute Gasteiger partial charge is 0.377 e. The fourth-order valence-corrected chi connectivity index (χ4v) is 5.45. The normalized spacial score (nSPS) is 17.3. The second kappa shape index (κ2) is 10.00. The summed E-state index contributed by atoms with van der Waals surface area (Å²) in [4.78, 5) is 7.24. The van der Waals surface area contributed by atoms with Crippen LogP contribution in [0.1, 0.15) is 12.6 Å². The Balaban J connectivity index is 1.79. The third-order valence-corrected chi connectivity index (χ3v) is 8.22. The zero-order valence-corrected chi connectivity index (χ0v) is 23.6. The standard InChI is InChI=1S/C23H37N7O3SSi/c1-17-15-32-11-10-28(17)20-14-19(27-34(3,4)31)22-18(2)26-30(23(22)25-20)21-8-9-24-29(21)16-33-12-13-35(5,6)7/h8-9,14,17H,10-13,15-16H2,1-7H3/t17-/m1/s1. The van der Waals surface area contributed by atoms with Gasteiger partial charge < -0.3 is 14.4 Å². The molecule has 0 aliphatic carbocycles. The van der Waals surface area contributed by atoms with Gasteiger partial charge in [-0.15, -0.1) is 0 Å². The molecule has 0 spiro atoms. The minimum absolute atomic E-state index is 0.164. The van der Waals surface area contributed by atoms with E-state index in [0.717, 1.165) is 35.3 Å². The van der Waals surface area contributed by atoms with Crippen molar-refractivity contribution in [2.75, 3.05) is 43.8 Å². The minimum atomic E-state index is -2.39. The molecule has 1 aliphatic heterocycles. The Morgan fingerprint density at radius 1 is 1.31 bits per heavy atom. The van der Waals surface area contributed by atoms with Gasteiger partial charge in [-0.25, -0.2) is 13.9 Å². The zero-order valence-electron chi connectivity index (χ0n) is 21.8. The van der Waals surface area contributed by atoms with Crippen LogP contribution in [-0.2, 0) is 25.9 Å². The molecule has 1 atom stereocenters. The maximum Gasteiger partial charge on any atom is 0.169 e. The van der Waals surface area contributed by atoms with Crippen molar-refractivity contribution in [1.82, 2.24) is 24.5 Å². The monoisotopic (exact) mass is 519 g/mol. The van der Waals surface area contributed by atoms with Crippen molar-refractivity contribution in [3.63, 3.8) is 0 Å². The van der Waals surface area contributed by atoms with Crippen LogP contribution in [0.25, 0.3) is 16.9 Å². The Morgan fingerprint density at radius 2 is 2.09 bits per heavy atom. The first kappa shape index (κ1) is 25.8. The SMILES string of the molecule is Cc1nn(-c2ccnn2COCC[Si](C)(C)C)c2nc(N3CCOC[C@H]3C)cc(N=S(C)(C)=O)c12. The first-order chi connectivity index (χ1) is 16.4. The zero-order chi connectivity index (χ0) is 25.4. The smallest absolute Gasteiger partial charge is 0.169 e. The summed E-state index contributed by atoms with van der Waals surface area (Å²) >= 11 is 0. The van der Waals surface area contributed by atoms with Gasteiger partial charge in [0.15, 0.2) is 11.5 Å². The lowest BCUT2D eigenvalue weighted by atomic mass is 10.2. The topological polar surface area (TPSA) is 99.7 Å². The molecule has 4 heterocycles. The highest BCUT2D eigenvalue weighted by molar-refractivity contribution is 7.92. The third-order valence-electron chi connectivity index (χ3n) is 5.88. The van der Waals surface area contributed by atoms with E-state index in [1.165, 1.54) is 0 Å². The lowest BCUT2D eigenvalue weighted by molar-refractivity contribution is 0.0782. The molecule has 0 unspecified atom stereocenters. The number of nitrogens with zero attached hydrogens (tertiary/aromatic N) is 7. The Bertz CT molecular complexity index is 1310. The molecule has 4 rings (SSSR count). The molecule has 1 fully saturated rings. The Morgan fingerprint density at radius 3 is 2.77 bits per heavy atom. The van der Waals surface area contributed by atoms with E-state index in [1.54, 1.807) is 28.1 Å². The molecule has 0 bridgehead atoms. The van der Waals surface area contributed by atoms with Crippen LogP contribution in [0.5, 0.6) is 0 Å². The van der Waals surface area contributed by atoms with E-state index in [4.69, 9.17) is 19.6 Å². The van der Waals surface area contributed by atoms with Crippen molar-refractivity contribution in [3.8, 4) is 5.82 Å². The van der Waals surface area contributed by atoms with Crippen molar-refractivity contribution in [1.29, 1.82) is 0 Å². The predicted octanol–water partition coefficient (Wildman–Crippen LogP) is 3.82. The molecule has 3 aromatic rings. The summed E-state index contributed by atoms with van der Waals surface area (Å²) in [6, 6.07) is 5.08. The summed E-state index contributed by atoms with van der Waals surface area (Å²) in [5.74, 6) is 1.53. The van der Waals surface area contributed by atoms with Gasteiger partial charge in [0.25, 0.3) is 0 Å². The van der Waals surface area contributed by atoms with Crippen LogP contribution in [0.2, 0.25) is 25.7 Å². The second-order valence-corrected chi connectivity index (χ2v) is 18.8. The fraction of sp³-hybridized carbons (Fsp3) is 0.609. The summed E-state index contributed by atoms with van der Waals surface area (Å²) in [5, 5.41) is 10.1. The summed E-state index contributed by atoms with van der Waals surface area (Å²) < 4.78 is 32.4. The highest BCUT2D eigenvalue weighted by atomic mass is 32.2. The van der Waals surface area contributed by atoms with Crippen LogP contribution in [-0.4, -0.2) is 81.7 Å². The maximum atomic E-state index is 12.7. The van der Waals surface area contributed by atoms with Gasteiger partial charge in [-0.05, 0) is 19.9 Å². The molecule has 1 aliphatic rings. The van der Waals surface area contributed by atoms with E-state index in [2.05, 4.69) is 40.9 Å². The van der Waals surface area contributed by atoms with Gasteiger partial charge in [0.05, 0.1) is 42.2 Å². The van der Waals surface area contributed by atoms with Gasteiger partial charge >= 0.3 is 0 Å². The number of hydrogen-bond acceptors (Lipinski definition) is 8. The molecule has 12 heteroatoms. The molecule has 3 aromatic heterocycles. The second-order valence-electron chi connectivity index (χ2n) is 10.6. The van der Waals surface area contributed by atoms with E-state index < -0.39 is 17.8 Å². The number of fused-ring (bicyclic) bond motifs is 1. The Kier molecular flexibility index (Phi) is 7.37. The van der Waals surface area contributed by atoms with Crippen LogP contribution in [0.4, 0.5) is 11.5 Å². The molecule has 35 heavy (non-hydrogen) atoms. The highest BCUT2D eigenvalue weighted by Crippen LogP contribution is 2.34. The molecule has 10 nitrogen and oxygen atoms in total. The van der Waals surface area contributed by atoms with Gasteiger partial charge in [0.1, 0.15) is 12.5 Å². The lowest BCUT2D eigenvalue weighted by Gasteiger charge is -2.34. The average molecular weight is 520 g/mol. The molecule has 192 valence electrons. The van der Waals surface area contributed by atoms with Crippen LogP contribution in [0, 0.1) is 6.92 Å². The number of ether oxygens (including phenoxy) is 2. The maximum absolute atomic E-state index is 12.7. The van der Waals surface area contributed by atoms with Crippen LogP contribution in [0.3, 0.4) is 0 Å². The van der Waals surface area contributed by atoms with E-state index in [-0.39, 0.29) is 6.04 Å². The molecule has 0 amide bonds. The van der Waals surface area contributed by atoms with E-state index in [0.29, 0.717) is 37.9 Å². The van der Waals surface area contributed by atoms with Crippen molar-refractivity contribution in [2.24, 2.45) is 4.36 Å². The quantitative estimate of drug-likeness (QED) is 0.329. The number of morpholine rings is 1.